The fraction of sp³-hybridized carbons (Fsp3) is 0.660. The molecule has 76 heavy (non-hydrogen) atoms. The molecule has 21 nitrogen and oxygen atoms in total. The van der Waals surface area contributed by atoms with Gasteiger partial charge in [-0.15, -0.1) is 11.8 Å². The zero-order chi connectivity index (χ0) is 55.8. The lowest BCUT2D eigenvalue weighted by Crippen LogP contribution is -2.63. The second-order valence-corrected chi connectivity index (χ2v) is 22.7. The lowest BCUT2D eigenvalue weighted by Gasteiger charge is -2.42. The number of unbranched alkanes of at least 4 members (excludes halogenated alkanes) is 1. The number of carbonyl (C=O) groups is 8. The number of allylic oxidation sites excluding steroid dienone is 3. The maximum Gasteiger partial charge on any atom is 0.409 e. The van der Waals surface area contributed by atoms with Crippen molar-refractivity contribution in [2.45, 2.75) is 158 Å². The third kappa shape index (κ3) is 14.5. The Bertz CT molecular complexity index is 2420. The molecule has 23 heteroatoms. The summed E-state index contributed by atoms with van der Waals surface area (Å²) in [6.07, 6.45) is 4.40. The van der Waals surface area contributed by atoms with Gasteiger partial charge in [0.1, 0.15) is 46.8 Å². The summed E-state index contributed by atoms with van der Waals surface area (Å²) in [5.41, 5.74) is 4.34. The molecule has 4 aliphatic heterocycles. The maximum absolute atomic E-state index is 14.4. The first-order valence-corrected chi connectivity index (χ1v) is 27.4. The smallest absolute Gasteiger partial charge is 0.409 e. The molecule has 4 fully saturated rings. The summed E-state index contributed by atoms with van der Waals surface area (Å²) >= 11 is 8.02. The number of rotatable bonds is 18. The number of aliphatic hydroxyl groups is 1. The molecule has 1 aromatic carbocycles. The molecular weight excluding hydrogens is 1030 g/mol. The molecule has 420 valence electrons. The van der Waals surface area contributed by atoms with E-state index < -0.39 is 95.3 Å². The van der Waals surface area contributed by atoms with E-state index in [1.54, 1.807) is 45.2 Å². The van der Waals surface area contributed by atoms with E-state index in [1.807, 2.05) is 13.0 Å². The van der Waals surface area contributed by atoms with Crippen molar-refractivity contribution >= 4 is 76.6 Å². The molecule has 10 atom stereocenters. The second kappa shape index (κ2) is 25.9. The number of thioether (sulfide) groups is 1. The number of methoxy groups -OCH3 is 2. The van der Waals surface area contributed by atoms with Crippen LogP contribution in [0.15, 0.2) is 35.9 Å². The van der Waals surface area contributed by atoms with E-state index in [1.165, 1.54) is 54.7 Å². The second-order valence-electron chi connectivity index (χ2n) is 21.0. The average Bonchev–Trinajstić information content (AvgIpc) is 4.01. The SMILES string of the molecule is COc1cc2cc(c1Cl)N(C)C(=O)C[C@H](OC(=O)[C@H](C)N(C)C(=O)CCS[C@H]1CC(=O)N(CC3CCC(C(=O)NCCCC[C@H](N)C(=O)O)CC3)C1=O)[C@]1(C)O[C@H]1[C@H](C)[C@@H]1C[C@@](O)(NC(=O)O1)[C@H](OC)C=CC=C(C)C2. The molecule has 0 spiro atoms. The molecule has 4 heterocycles. The van der Waals surface area contributed by atoms with Crippen molar-refractivity contribution in [3.05, 3.63) is 46.5 Å². The molecule has 1 saturated carbocycles. The summed E-state index contributed by atoms with van der Waals surface area (Å²) in [6.45, 7) is 7.53. The number of ether oxygens (including phenoxy) is 5. The Morgan fingerprint density at radius 1 is 1.08 bits per heavy atom. The van der Waals surface area contributed by atoms with Crippen molar-refractivity contribution in [3.63, 3.8) is 0 Å². The zero-order valence-electron chi connectivity index (χ0n) is 44.7. The Balaban J connectivity index is 1.07. The Morgan fingerprint density at radius 3 is 2.46 bits per heavy atom. The number of likely N-dealkylation sites (tertiary alicyclic amines) is 1. The number of imide groups is 1. The average molecular weight is 1100 g/mol. The minimum Gasteiger partial charge on any atom is -0.495 e. The van der Waals surface area contributed by atoms with Crippen molar-refractivity contribution in [3.8, 4) is 5.75 Å². The summed E-state index contributed by atoms with van der Waals surface area (Å²) in [6, 6.07) is 1.47. The van der Waals surface area contributed by atoms with Gasteiger partial charge in [0.2, 0.25) is 29.5 Å². The molecule has 3 saturated heterocycles. The number of likely N-dealkylation sites (N-methyl/N-ethyl adjacent to an activating group) is 1. The van der Waals surface area contributed by atoms with Gasteiger partial charge in [0, 0.05) is 71.1 Å². The Hall–Kier alpha value is -5.26. The zero-order valence-corrected chi connectivity index (χ0v) is 46.2. The molecule has 6 rings (SSSR count). The minimum absolute atomic E-state index is 0.00468. The van der Waals surface area contributed by atoms with Crippen LogP contribution < -0.4 is 26.0 Å². The lowest BCUT2D eigenvalue weighted by molar-refractivity contribution is -0.162. The Kier molecular flexibility index (Phi) is 20.5. The number of amides is 6. The highest BCUT2D eigenvalue weighted by atomic mass is 35.5. The van der Waals surface area contributed by atoms with Crippen molar-refractivity contribution in [1.82, 2.24) is 20.4 Å². The van der Waals surface area contributed by atoms with Crippen LogP contribution in [0.2, 0.25) is 5.02 Å². The van der Waals surface area contributed by atoms with Crippen LogP contribution in [0.25, 0.3) is 0 Å². The first-order chi connectivity index (χ1) is 35.9. The normalized spacial score (nSPS) is 29.8. The minimum atomic E-state index is -1.89. The van der Waals surface area contributed by atoms with Crippen LogP contribution in [-0.2, 0) is 58.9 Å². The van der Waals surface area contributed by atoms with E-state index in [0.29, 0.717) is 69.3 Å². The molecular formula is C53H75ClN6O15S. The van der Waals surface area contributed by atoms with Gasteiger partial charge in [0.05, 0.1) is 30.6 Å². The van der Waals surface area contributed by atoms with Gasteiger partial charge >= 0.3 is 18.0 Å². The van der Waals surface area contributed by atoms with E-state index in [0.717, 1.165) is 11.1 Å². The van der Waals surface area contributed by atoms with E-state index in [4.69, 9.17) is 46.1 Å². The Morgan fingerprint density at radius 2 is 1.79 bits per heavy atom. The molecule has 5 aliphatic rings. The predicted molar refractivity (Wildman–Crippen MR) is 281 cm³/mol. The van der Waals surface area contributed by atoms with Crippen molar-refractivity contribution in [1.29, 1.82) is 0 Å². The van der Waals surface area contributed by atoms with Gasteiger partial charge < -0.3 is 54.7 Å². The van der Waals surface area contributed by atoms with Crippen LogP contribution in [0.5, 0.6) is 5.75 Å². The fourth-order valence-corrected chi connectivity index (χ4v) is 11.9. The van der Waals surface area contributed by atoms with E-state index in [-0.39, 0.29) is 66.1 Å². The highest BCUT2D eigenvalue weighted by Gasteiger charge is 2.64. The van der Waals surface area contributed by atoms with Crippen LogP contribution in [0.4, 0.5) is 10.5 Å². The lowest BCUT2D eigenvalue weighted by atomic mass is 9.81. The number of epoxide rings is 1. The number of carboxylic acid groups (broad SMARTS) is 1. The van der Waals surface area contributed by atoms with Crippen LogP contribution >= 0.6 is 23.4 Å². The van der Waals surface area contributed by atoms with Gasteiger partial charge in [-0.2, -0.15) is 0 Å². The number of anilines is 1. The summed E-state index contributed by atoms with van der Waals surface area (Å²) in [5.74, 6) is -3.68. The van der Waals surface area contributed by atoms with Gasteiger partial charge in [-0.25, -0.2) is 9.59 Å². The number of nitrogens with zero attached hydrogens (tertiary/aromatic N) is 3. The molecule has 0 unspecified atom stereocenters. The van der Waals surface area contributed by atoms with Crippen molar-refractivity contribution < 1.29 is 72.3 Å². The summed E-state index contributed by atoms with van der Waals surface area (Å²) in [7, 11) is 5.87. The largest absolute Gasteiger partial charge is 0.495 e. The van der Waals surface area contributed by atoms with E-state index in [9.17, 15) is 43.5 Å². The van der Waals surface area contributed by atoms with Gasteiger partial charge in [-0.05, 0) is 95.8 Å². The van der Waals surface area contributed by atoms with Crippen LogP contribution in [0.3, 0.4) is 0 Å². The summed E-state index contributed by atoms with van der Waals surface area (Å²) < 4.78 is 29.5. The Labute approximate surface area is 453 Å². The quantitative estimate of drug-likeness (QED) is 0.0594. The molecule has 1 aliphatic carbocycles. The maximum atomic E-state index is 14.4. The number of esters is 1. The molecule has 0 radical (unpaired) electrons. The number of nitrogens with two attached hydrogens (primary N) is 1. The van der Waals surface area contributed by atoms with E-state index >= 15 is 0 Å². The van der Waals surface area contributed by atoms with Gasteiger partial charge in [-0.3, -0.25) is 39.0 Å². The molecule has 0 aromatic heterocycles. The highest BCUT2D eigenvalue weighted by molar-refractivity contribution is 8.00. The summed E-state index contributed by atoms with van der Waals surface area (Å²) in [5, 5.41) is 25.7. The number of hydrogen-bond acceptors (Lipinski definition) is 16. The molecule has 4 bridgehead atoms. The topological polar surface area (TPSA) is 286 Å². The number of aliphatic carboxylic acids is 1. The van der Waals surface area contributed by atoms with Crippen LogP contribution in [0, 0.1) is 17.8 Å². The number of carbonyl (C=O) groups excluding carboxylic acids is 7. The van der Waals surface area contributed by atoms with Gasteiger partial charge in [-0.1, -0.05) is 42.3 Å². The van der Waals surface area contributed by atoms with Crippen molar-refractivity contribution in [2.24, 2.45) is 23.5 Å². The third-order valence-corrected chi connectivity index (χ3v) is 17.2. The fourth-order valence-electron chi connectivity index (χ4n) is 10.5. The number of fused-ring (bicyclic) bond motifs is 5. The number of carboxylic acids is 1. The van der Waals surface area contributed by atoms with Crippen LogP contribution in [0.1, 0.15) is 104 Å². The first-order valence-electron chi connectivity index (χ1n) is 26.0. The number of halogens is 1. The number of alkyl carbamates (subject to hydrolysis) is 1. The van der Waals surface area contributed by atoms with Gasteiger partial charge in [0.15, 0.2) is 5.72 Å². The first kappa shape index (κ1) is 60.0. The standard InChI is InChI=1S/C53H75ClN6O15S/c1-29-12-11-14-40(72-8)53(70)27-38(73-51(69)57-53)30(2)46-52(4,75-46)41(26-43(62)59(6)36-23-33(22-29)24-37(71-7)45(36)54)74-50(68)31(3)58(5)42(61)19-21-76-39-25-44(63)60(48(39)65)28-32-15-17-34(18-16-32)47(64)56-20-10-9-13-35(55)49(66)67/h11-12,14,23-24,30-32,34-35,38-41,46,70H,9-10,13,15-22,25-28,55H2,1-8H3,(H,56,64)(H,57,69)(H,66,67)/t30-,31+,32?,34?,35+,38+,39+,40-,41+,46+,52+,53+/m1/s1. The molecule has 6 amide bonds. The van der Waals surface area contributed by atoms with Gasteiger partial charge in [0.25, 0.3) is 0 Å². The highest BCUT2D eigenvalue weighted by Crippen LogP contribution is 2.49. The number of benzene rings is 1. The predicted octanol–water partition coefficient (Wildman–Crippen LogP) is 4.27. The van der Waals surface area contributed by atoms with Crippen LogP contribution in [-0.4, -0.2) is 168 Å². The van der Waals surface area contributed by atoms with Crippen molar-refractivity contribution in [2.75, 3.05) is 52.1 Å². The molecule has 1 aromatic rings. The monoisotopic (exact) mass is 1100 g/mol. The number of hydrogen-bond donors (Lipinski definition) is 5. The summed E-state index contributed by atoms with van der Waals surface area (Å²) in [4.78, 5) is 109. The van der Waals surface area contributed by atoms with E-state index in [2.05, 4.69) is 10.6 Å². The third-order valence-electron chi connectivity index (χ3n) is 15.6. The molecule has 6 N–H and O–H groups in total. The number of nitrogens with one attached hydrogen (secondary N) is 2.